The van der Waals surface area contributed by atoms with Crippen molar-refractivity contribution in [3.63, 3.8) is 0 Å². The van der Waals surface area contributed by atoms with Crippen LogP contribution in [0.3, 0.4) is 0 Å². The highest BCUT2D eigenvalue weighted by Gasteiger charge is 2.24. The highest BCUT2D eigenvalue weighted by molar-refractivity contribution is 6.30. The Kier molecular flexibility index (Phi) is 9.69. The second-order valence-electron chi connectivity index (χ2n) is 9.93. The molecule has 0 N–H and O–H groups in total. The van der Waals surface area contributed by atoms with E-state index in [4.69, 9.17) is 21.1 Å². The Bertz CT molecular complexity index is 1330. The molecule has 0 aliphatic carbocycles. The average Bonchev–Trinajstić information content (AvgIpc) is 3.20. The lowest BCUT2D eigenvalue weighted by molar-refractivity contribution is -0.107. The third-order valence-corrected chi connectivity index (χ3v) is 5.96. The SMILES string of the molecule is CCOC(=O)c1nn(-c2cccc(Cl)c2)c(C)c1CCN(C=O)c1cc(CN(C)C(=O)OC(C)(C)C)ccn1. The number of hydrogen-bond donors (Lipinski definition) is 0. The van der Waals surface area contributed by atoms with Gasteiger partial charge in [-0.15, -0.1) is 0 Å². The fraction of sp³-hybridized carbons (Fsp3) is 0.393. The number of amides is 2. The van der Waals surface area contributed by atoms with E-state index in [2.05, 4.69) is 10.1 Å². The highest BCUT2D eigenvalue weighted by Crippen LogP contribution is 2.23. The van der Waals surface area contributed by atoms with Crippen molar-refractivity contribution in [1.82, 2.24) is 19.7 Å². The summed E-state index contributed by atoms with van der Waals surface area (Å²) in [7, 11) is 1.64. The van der Waals surface area contributed by atoms with Gasteiger partial charge in [-0.1, -0.05) is 17.7 Å². The van der Waals surface area contributed by atoms with Crippen molar-refractivity contribution in [3.05, 3.63) is 70.1 Å². The van der Waals surface area contributed by atoms with Gasteiger partial charge >= 0.3 is 12.1 Å². The number of esters is 1. The van der Waals surface area contributed by atoms with Gasteiger partial charge in [0.05, 0.1) is 12.3 Å². The Morgan fingerprint density at radius 1 is 1.18 bits per heavy atom. The van der Waals surface area contributed by atoms with Gasteiger partial charge in [-0.25, -0.2) is 19.3 Å². The van der Waals surface area contributed by atoms with Gasteiger partial charge in [-0.3, -0.25) is 9.69 Å². The van der Waals surface area contributed by atoms with Crippen molar-refractivity contribution in [2.75, 3.05) is 25.1 Å². The van der Waals surface area contributed by atoms with E-state index in [0.717, 1.165) is 11.3 Å². The molecule has 208 valence electrons. The molecule has 1 aromatic carbocycles. The van der Waals surface area contributed by atoms with Gasteiger partial charge in [0, 0.05) is 42.6 Å². The first-order valence-corrected chi connectivity index (χ1v) is 12.9. The van der Waals surface area contributed by atoms with Crippen molar-refractivity contribution < 1.29 is 23.9 Å². The van der Waals surface area contributed by atoms with E-state index in [1.807, 2.05) is 13.0 Å². The summed E-state index contributed by atoms with van der Waals surface area (Å²) in [6.07, 6.45) is 2.14. The minimum absolute atomic E-state index is 0.181. The Labute approximate surface area is 233 Å². The number of ether oxygens (including phenoxy) is 2. The van der Waals surface area contributed by atoms with Gasteiger partial charge in [0.15, 0.2) is 5.69 Å². The number of halogens is 1. The third kappa shape index (κ3) is 7.79. The molecule has 0 aliphatic rings. The molecule has 2 heterocycles. The molecule has 3 aromatic rings. The molecule has 2 aromatic heterocycles. The molecule has 0 bridgehead atoms. The monoisotopic (exact) mass is 555 g/mol. The molecule has 0 radical (unpaired) electrons. The number of carbonyl (C=O) groups excluding carboxylic acids is 3. The zero-order chi connectivity index (χ0) is 28.7. The summed E-state index contributed by atoms with van der Waals surface area (Å²) >= 11 is 6.17. The molecule has 0 fully saturated rings. The first-order valence-electron chi connectivity index (χ1n) is 12.6. The minimum Gasteiger partial charge on any atom is -0.461 e. The fourth-order valence-corrected chi connectivity index (χ4v) is 4.09. The average molecular weight is 556 g/mol. The van der Waals surface area contributed by atoms with Crippen molar-refractivity contribution in [2.24, 2.45) is 0 Å². The van der Waals surface area contributed by atoms with Crippen LogP contribution in [-0.2, 0) is 27.2 Å². The first-order chi connectivity index (χ1) is 18.4. The van der Waals surface area contributed by atoms with E-state index in [0.29, 0.717) is 34.9 Å². The van der Waals surface area contributed by atoms with Gasteiger partial charge in [0.2, 0.25) is 6.41 Å². The summed E-state index contributed by atoms with van der Waals surface area (Å²) in [6.45, 7) is 9.70. The number of pyridine rings is 1. The summed E-state index contributed by atoms with van der Waals surface area (Å²) in [4.78, 5) is 44.4. The van der Waals surface area contributed by atoms with E-state index < -0.39 is 17.7 Å². The van der Waals surface area contributed by atoms with Crippen LogP contribution in [0.5, 0.6) is 0 Å². The number of aromatic nitrogens is 3. The smallest absolute Gasteiger partial charge is 0.410 e. The second kappa shape index (κ2) is 12.8. The largest absolute Gasteiger partial charge is 0.461 e. The molecule has 39 heavy (non-hydrogen) atoms. The third-order valence-electron chi connectivity index (χ3n) is 5.72. The van der Waals surface area contributed by atoms with Crippen LogP contribution in [-0.4, -0.2) is 63.9 Å². The van der Waals surface area contributed by atoms with Gasteiger partial charge in [-0.05, 0) is 76.9 Å². The predicted molar refractivity (Wildman–Crippen MR) is 148 cm³/mol. The number of nitrogens with zero attached hydrogens (tertiary/aromatic N) is 5. The quantitative estimate of drug-likeness (QED) is 0.256. The normalized spacial score (nSPS) is 11.2. The Balaban J connectivity index is 1.83. The standard InChI is InChI=1S/C28H34ClN5O5/c1-7-38-26(36)25-23(19(2)34(31-25)22-10-8-9-21(29)16-22)12-14-33(18-35)24-15-20(11-13-30-24)17-32(6)27(37)39-28(3,4)5/h8-11,13,15-16,18H,7,12,14,17H2,1-6H3. The maximum Gasteiger partial charge on any atom is 0.410 e. The van der Waals surface area contributed by atoms with Crippen LogP contribution in [0.25, 0.3) is 5.69 Å². The molecular weight excluding hydrogens is 522 g/mol. The van der Waals surface area contributed by atoms with Crippen molar-refractivity contribution in [3.8, 4) is 5.69 Å². The number of carbonyl (C=O) groups is 3. The van der Waals surface area contributed by atoms with Crippen LogP contribution >= 0.6 is 11.6 Å². The van der Waals surface area contributed by atoms with Crippen molar-refractivity contribution >= 4 is 35.9 Å². The van der Waals surface area contributed by atoms with E-state index >= 15 is 0 Å². The highest BCUT2D eigenvalue weighted by atomic mass is 35.5. The zero-order valence-corrected chi connectivity index (χ0v) is 23.9. The molecule has 0 aliphatic heterocycles. The molecule has 0 unspecified atom stereocenters. The summed E-state index contributed by atoms with van der Waals surface area (Å²) in [6, 6.07) is 10.7. The van der Waals surface area contributed by atoms with E-state index in [1.165, 1.54) is 9.80 Å². The summed E-state index contributed by atoms with van der Waals surface area (Å²) in [5.74, 6) is -0.128. The van der Waals surface area contributed by atoms with Crippen molar-refractivity contribution in [1.29, 1.82) is 0 Å². The summed E-state index contributed by atoms with van der Waals surface area (Å²) in [5.41, 5.74) is 2.43. The van der Waals surface area contributed by atoms with Gasteiger partial charge in [-0.2, -0.15) is 5.10 Å². The molecule has 11 heteroatoms. The minimum atomic E-state index is -0.607. The fourth-order valence-electron chi connectivity index (χ4n) is 3.90. The Hall–Kier alpha value is -3.92. The summed E-state index contributed by atoms with van der Waals surface area (Å²) in [5, 5.41) is 5.06. The maximum atomic E-state index is 12.7. The first kappa shape index (κ1) is 29.6. The van der Waals surface area contributed by atoms with Crippen LogP contribution in [0.4, 0.5) is 10.6 Å². The Morgan fingerprint density at radius 3 is 2.56 bits per heavy atom. The number of rotatable bonds is 10. The van der Waals surface area contributed by atoms with Crippen LogP contribution in [0.1, 0.15) is 55.0 Å². The summed E-state index contributed by atoms with van der Waals surface area (Å²) < 4.78 is 12.3. The van der Waals surface area contributed by atoms with Gasteiger partial charge in [0.1, 0.15) is 11.4 Å². The molecule has 0 spiro atoms. The molecule has 10 nitrogen and oxygen atoms in total. The van der Waals surface area contributed by atoms with E-state index in [-0.39, 0.29) is 25.4 Å². The number of benzene rings is 1. The lowest BCUT2D eigenvalue weighted by Gasteiger charge is -2.25. The van der Waals surface area contributed by atoms with Gasteiger partial charge < -0.3 is 14.4 Å². The lowest BCUT2D eigenvalue weighted by atomic mass is 10.1. The van der Waals surface area contributed by atoms with E-state index in [9.17, 15) is 14.4 Å². The number of anilines is 1. The molecule has 3 rings (SSSR count). The zero-order valence-electron chi connectivity index (χ0n) is 23.1. The lowest BCUT2D eigenvalue weighted by Crippen LogP contribution is -2.34. The second-order valence-corrected chi connectivity index (χ2v) is 10.4. The molecule has 0 atom stereocenters. The topological polar surface area (TPSA) is 107 Å². The number of hydrogen-bond acceptors (Lipinski definition) is 7. The van der Waals surface area contributed by atoms with Crippen LogP contribution in [0.2, 0.25) is 5.02 Å². The van der Waals surface area contributed by atoms with Crippen LogP contribution in [0, 0.1) is 6.92 Å². The molecular formula is C28H34ClN5O5. The molecule has 0 saturated heterocycles. The maximum absolute atomic E-state index is 12.7. The molecule has 0 saturated carbocycles. The van der Waals surface area contributed by atoms with Crippen LogP contribution in [0.15, 0.2) is 42.6 Å². The van der Waals surface area contributed by atoms with Gasteiger partial charge in [0.25, 0.3) is 0 Å². The predicted octanol–water partition coefficient (Wildman–Crippen LogP) is 4.98. The van der Waals surface area contributed by atoms with Crippen LogP contribution < -0.4 is 4.90 Å². The Morgan fingerprint density at radius 2 is 1.92 bits per heavy atom. The van der Waals surface area contributed by atoms with E-state index in [1.54, 1.807) is 76.0 Å². The molecule has 2 amide bonds. The van der Waals surface area contributed by atoms with Crippen molar-refractivity contribution in [2.45, 2.75) is 53.2 Å².